The van der Waals surface area contributed by atoms with E-state index < -0.39 is 0 Å². The van der Waals surface area contributed by atoms with Crippen LogP contribution < -0.4 is 5.32 Å². The Hall–Kier alpha value is -1.68. The second kappa shape index (κ2) is 6.39. The molecule has 1 aliphatic rings. The van der Waals surface area contributed by atoms with E-state index in [0.29, 0.717) is 12.0 Å². The van der Waals surface area contributed by atoms with Gasteiger partial charge in [-0.05, 0) is 50.3 Å². The average molecular weight is 284 g/mol. The van der Waals surface area contributed by atoms with E-state index >= 15 is 0 Å². The maximum Gasteiger partial charge on any atom is 0.138 e. The van der Waals surface area contributed by atoms with E-state index in [-0.39, 0.29) is 0 Å². The Morgan fingerprint density at radius 3 is 3.05 bits per heavy atom. The standard InChI is InChI=1S/C17H24N4/c1-3-21-17(19-12-20-21)11-16(18-2)15-10-6-8-13-7-4-5-9-14(13)15/h4-5,7,9,12,15-16,18H,3,6,8,10-11H2,1-2H3. The highest BCUT2D eigenvalue weighted by Gasteiger charge is 2.27. The molecule has 1 aromatic carbocycles. The normalized spacial score (nSPS) is 19.2. The van der Waals surface area contributed by atoms with Crippen LogP contribution in [0.2, 0.25) is 0 Å². The number of likely N-dealkylation sites (N-methyl/N-ethyl adjacent to an activating group) is 1. The van der Waals surface area contributed by atoms with Gasteiger partial charge in [-0.15, -0.1) is 0 Å². The number of hydrogen-bond acceptors (Lipinski definition) is 3. The topological polar surface area (TPSA) is 42.7 Å². The molecule has 112 valence electrons. The Morgan fingerprint density at radius 1 is 1.38 bits per heavy atom. The minimum atomic E-state index is 0.418. The number of hydrogen-bond donors (Lipinski definition) is 1. The molecule has 0 radical (unpaired) electrons. The molecule has 1 aliphatic carbocycles. The summed E-state index contributed by atoms with van der Waals surface area (Å²) in [5.41, 5.74) is 3.04. The molecule has 1 heterocycles. The first kappa shape index (κ1) is 14.3. The number of rotatable bonds is 5. The third-order valence-electron chi connectivity index (χ3n) is 4.67. The van der Waals surface area contributed by atoms with Crippen molar-refractivity contribution in [3.8, 4) is 0 Å². The highest BCUT2D eigenvalue weighted by Crippen LogP contribution is 2.34. The molecule has 1 N–H and O–H groups in total. The highest BCUT2D eigenvalue weighted by atomic mass is 15.3. The summed E-state index contributed by atoms with van der Waals surface area (Å²) < 4.78 is 2.00. The zero-order valence-corrected chi connectivity index (χ0v) is 12.9. The van der Waals surface area contributed by atoms with Gasteiger partial charge in [0.2, 0.25) is 0 Å². The third kappa shape index (κ3) is 2.86. The first-order valence-corrected chi connectivity index (χ1v) is 7.95. The summed E-state index contributed by atoms with van der Waals surface area (Å²) in [4.78, 5) is 4.44. The van der Waals surface area contributed by atoms with Gasteiger partial charge in [0, 0.05) is 19.0 Å². The smallest absolute Gasteiger partial charge is 0.138 e. The van der Waals surface area contributed by atoms with Gasteiger partial charge in [0.15, 0.2) is 0 Å². The van der Waals surface area contributed by atoms with Crippen molar-refractivity contribution in [2.75, 3.05) is 7.05 Å². The molecule has 0 amide bonds. The molecule has 3 rings (SSSR count). The summed E-state index contributed by atoms with van der Waals surface area (Å²) in [6.45, 7) is 3.00. The first-order valence-electron chi connectivity index (χ1n) is 7.95. The third-order valence-corrected chi connectivity index (χ3v) is 4.67. The molecule has 0 fully saturated rings. The Kier molecular flexibility index (Phi) is 4.34. The van der Waals surface area contributed by atoms with Gasteiger partial charge in [0.1, 0.15) is 12.2 Å². The van der Waals surface area contributed by atoms with E-state index in [9.17, 15) is 0 Å². The zero-order valence-electron chi connectivity index (χ0n) is 12.9. The second-order valence-electron chi connectivity index (χ2n) is 5.79. The molecule has 0 bridgehead atoms. The van der Waals surface area contributed by atoms with Crippen LogP contribution >= 0.6 is 0 Å². The van der Waals surface area contributed by atoms with Crippen molar-refractivity contribution in [2.24, 2.45) is 0 Å². The molecule has 2 aromatic rings. The lowest BCUT2D eigenvalue weighted by Gasteiger charge is -2.32. The second-order valence-corrected chi connectivity index (χ2v) is 5.79. The molecular weight excluding hydrogens is 260 g/mol. The van der Waals surface area contributed by atoms with E-state index in [1.165, 1.54) is 30.4 Å². The van der Waals surface area contributed by atoms with Crippen LogP contribution in [-0.2, 0) is 19.4 Å². The van der Waals surface area contributed by atoms with Crippen LogP contribution in [0.3, 0.4) is 0 Å². The van der Waals surface area contributed by atoms with Crippen molar-refractivity contribution < 1.29 is 0 Å². The number of nitrogens with zero attached hydrogens (tertiary/aromatic N) is 3. The van der Waals surface area contributed by atoms with Gasteiger partial charge in [0.05, 0.1) is 0 Å². The minimum absolute atomic E-state index is 0.418. The summed E-state index contributed by atoms with van der Waals surface area (Å²) in [5, 5.41) is 7.81. The predicted molar refractivity (Wildman–Crippen MR) is 84.4 cm³/mol. The highest BCUT2D eigenvalue weighted by molar-refractivity contribution is 5.34. The monoisotopic (exact) mass is 284 g/mol. The number of aryl methyl sites for hydroxylation is 2. The molecule has 0 spiro atoms. The van der Waals surface area contributed by atoms with E-state index in [1.807, 2.05) is 4.68 Å². The van der Waals surface area contributed by atoms with E-state index in [4.69, 9.17) is 0 Å². The Labute approximate surface area is 126 Å². The summed E-state index contributed by atoms with van der Waals surface area (Å²) in [5.74, 6) is 1.65. The van der Waals surface area contributed by atoms with Crippen LogP contribution in [0.1, 0.15) is 42.6 Å². The van der Waals surface area contributed by atoms with Gasteiger partial charge in [-0.3, -0.25) is 4.68 Å². The van der Waals surface area contributed by atoms with Crippen LogP contribution in [0.15, 0.2) is 30.6 Å². The van der Waals surface area contributed by atoms with Crippen LogP contribution in [0, 0.1) is 0 Å². The molecule has 2 unspecified atom stereocenters. The van der Waals surface area contributed by atoms with Gasteiger partial charge < -0.3 is 5.32 Å². The summed E-state index contributed by atoms with van der Waals surface area (Å²) in [6.07, 6.45) is 6.35. The molecule has 0 saturated carbocycles. The Balaban J connectivity index is 1.84. The van der Waals surface area contributed by atoms with Crippen molar-refractivity contribution in [3.63, 3.8) is 0 Å². The maximum absolute atomic E-state index is 4.44. The van der Waals surface area contributed by atoms with Crippen molar-refractivity contribution in [1.82, 2.24) is 20.1 Å². The van der Waals surface area contributed by atoms with Gasteiger partial charge >= 0.3 is 0 Å². The fourth-order valence-corrected chi connectivity index (χ4v) is 3.56. The minimum Gasteiger partial charge on any atom is -0.316 e. The lowest BCUT2D eigenvalue weighted by Crippen LogP contribution is -2.36. The fraction of sp³-hybridized carbons (Fsp3) is 0.529. The molecule has 4 nitrogen and oxygen atoms in total. The summed E-state index contributed by atoms with van der Waals surface area (Å²) in [7, 11) is 2.06. The summed E-state index contributed by atoms with van der Waals surface area (Å²) in [6, 6.07) is 9.32. The zero-order chi connectivity index (χ0) is 14.7. The molecule has 0 saturated heterocycles. The predicted octanol–water partition coefficient (Wildman–Crippen LogP) is 2.55. The largest absolute Gasteiger partial charge is 0.316 e. The number of aromatic nitrogens is 3. The van der Waals surface area contributed by atoms with Gasteiger partial charge in [-0.1, -0.05) is 24.3 Å². The molecule has 1 aromatic heterocycles. The lowest BCUT2D eigenvalue weighted by atomic mass is 9.78. The van der Waals surface area contributed by atoms with Crippen molar-refractivity contribution in [2.45, 2.75) is 51.1 Å². The lowest BCUT2D eigenvalue weighted by molar-refractivity contribution is 0.399. The van der Waals surface area contributed by atoms with E-state index in [0.717, 1.165) is 18.8 Å². The van der Waals surface area contributed by atoms with Crippen molar-refractivity contribution in [3.05, 3.63) is 47.5 Å². The molecule has 0 aliphatic heterocycles. The van der Waals surface area contributed by atoms with Crippen molar-refractivity contribution >= 4 is 0 Å². The quantitative estimate of drug-likeness (QED) is 0.917. The summed E-state index contributed by atoms with van der Waals surface area (Å²) >= 11 is 0. The van der Waals surface area contributed by atoms with Crippen LogP contribution in [-0.4, -0.2) is 27.9 Å². The molecular formula is C17H24N4. The van der Waals surface area contributed by atoms with Crippen molar-refractivity contribution in [1.29, 1.82) is 0 Å². The van der Waals surface area contributed by atoms with Crippen LogP contribution in [0.4, 0.5) is 0 Å². The fourth-order valence-electron chi connectivity index (χ4n) is 3.56. The van der Waals surface area contributed by atoms with E-state index in [1.54, 1.807) is 6.33 Å². The molecule has 2 atom stereocenters. The average Bonchev–Trinajstić information content (AvgIpc) is 2.99. The molecule has 21 heavy (non-hydrogen) atoms. The SMILES string of the molecule is CCn1ncnc1CC(NC)C1CCCc2ccccc21. The number of benzene rings is 1. The number of nitrogens with one attached hydrogen (secondary N) is 1. The Bertz CT molecular complexity index is 590. The van der Waals surface area contributed by atoms with Gasteiger partial charge in [-0.2, -0.15) is 5.10 Å². The van der Waals surface area contributed by atoms with E-state index in [2.05, 4.69) is 53.6 Å². The molecule has 4 heteroatoms. The van der Waals surface area contributed by atoms with Crippen LogP contribution in [0.5, 0.6) is 0 Å². The van der Waals surface area contributed by atoms with Gasteiger partial charge in [0.25, 0.3) is 0 Å². The maximum atomic E-state index is 4.44. The first-order chi connectivity index (χ1) is 10.3. The van der Waals surface area contributed by atoms with Crippen LogP contribution in [0.25, 0.3) is 0 Å². The number of fused-ring (bicyclic) bond motifs is 1. The Morgan fingerprint density at radius 2 is 2.24 bits per heavy atom. The van der Waals surface area contributed by atoms with Gasteiger partial charge in [-0.25, -0.2) is 4.98 Å².